The molecule has 3 atom stereocenters. The van der Waals surface area contributed by atoms with Gasteiger partial charge in [0.15, 0.2) is 0 Å². The van der Waals surface area contributed by atoms with Crippen LogP contribution in [0.25, 0.3) is 11.4 Å². The average Bonchev–Trinajstić information content (AvgIpc) is 3.70. The van der Waals surface area contributed by atoms with E-state index in [1.54, 1.807) is 37.6 Å². The van der Waals surface area contributed by atoms with E-state index in [1.807, 2.05) is 56.2 Å². The number of amides is 2. The summed E-state index contributed by atoms with van der Waals surface area (Å²) in [5.41, 5.74) is 2.81. The largest absolute Gasteiger partial charge is 0.381 e. The first-order valence-corrected chi connectivity index (χ1v) is 15.6. The molecule has 2 aromatic rings. The molecule has 2 N–H and O–H groups in total. The van der Waals surface area contributed by atoms with Crippen LogP contribution < -0.4 is 10.6 Å². The second-order valence-corrected chi connectivity index (χ2v) is 10.7. The lowest BCUT2D eigenvalue weighted by atomic mass is 9.90. The van der Waals surface area contributed by atoms with E-state index < -0.39 is 6.04 Å². The van der Waals surface area contributed by atoms with Gasteiger partial charge in [-0.15, -0.1) is 17.8 Å². The summed E-state index contributed by atoms with van der Waals surface area (Å²) < 4.78 is 5.51. The van der Waals surface area contributed by atoms with Gasteiger partial charge in [-0.1, -0.05) is 38.8 Å². The number of terminal acetylenes is 1. The molecular formula is C32H47N5O3S. The van der Waals surface area contributed by atoms with Gasteiger partial charge in [0, 0.05) is 31.3 Å². The monoisotopic (exact) mass is 581 g/mol. The van der Waals surface area contributed by atoms with Crippen molar-refractivity contribution in [3.8, 4) is 23.7 Å². The number of ether oxygens (including phenoxy) is 1. The van der Waals surface area contributed by atoms with Crippen molar-refractivity contribution in [1.29, 1.82) is 0 Å². The number of rotatable bonds is 8. The van der Waals surface area contributed by atoms with Crippen molar-refractivity contribution in [2.24, 2.45) is 5.92 Å². The number of aromatic nitrogens is 2. The van der Waals surface area contributed by atoms with E-state index in [9.17, 15) is 9.59 Å². The molecule has 1 unspecified atom stereocenters. The van der Waals surface area contributed by atoms with E-state index in [0.717, 1.165) is 54.1 Å². The molecule has 41 heavy (non-hydrogen) atoms. The van der Waals surface area contributed by atoms with Crippen LogP contribution in [0.15, 0.2) is 35.9 Å². The Kier molecular flexibility index (Phi) is 15.3. The molecule has 0 spiro atoms. The van der Waals surface area contributed by atoms with Gasteiger partial charge in [0.25, 0.3) is 0 Å². The van der Waals surface area contributed by atoms with E-state index in [0.29, 0.717) is 19.8 Å². The maximum Gasteiger partial charge on any atom is 0.246 e. The summed E-state index contributed by atoms with van der Waals surface area (Å²) in [6.07, 6.45) is 14.7. The first kappa shape index (κ1) is 34.1. The summed E-state index contributed by atoms with van der Waals surface area (Å²) >= 11 is 1.58. The Morgan fingerprint density at radius 3 is 2.63 bits per heavy atom. The number of nitrogens with one attached hydrogen (secondary N) is 2. The van der Waals surface area contributed by atoms with Crippen molar-refractivity contribution < 1.29 is 14.3 Å². The van der Waals surface area contributed by atoms with Crippen molar-refractivity contribution in [2.75, 3.05) is 26.8 Å². The van der Waals surface area contributed by atoms with E-state index in [4.69, 9.17) is 16.1 Å². The number of pyridine rings is 1. The number of hydrogen-bond acceptors (Lipinski definition) is 7. The zero-order chi connectivity index (χ0) is 30.2. The van der Waals surface area contributed by atoms with Gasteiger partial charge < -0.3 is 20.3 Å². The first-order chi connectivity index (χ1) is 19.9. The molecule has 2 saturated heterocycles. The van der Waals surface area contributed by atoms with Crippen molar-refractivity contribution in [1.82, 2.24) is 25.5 Å². The molecular weight excluding hydrogens is 534 g/mol. The quantitative estimate of drug-likeness (QED) is 0.411. The molecule has 0 radical (unpaired) electrons. The minimum absolute atomic E-state index is 0.00757. The summed E-state index contributed by atoms with van der Waals surface area (Å²) in [5, 5.41) is 8.97. The molecule has 224 valence electrons. The fourth-order valence-corrected chi connectivity index (χ4v) is 5.74. The molecule has 0 aromatic carbocycles. The third kappa shape index (κ3) is 9.77. The number of hydrogen-bond donors (Lipinski definition) is 2. The van der Waals surface area contributed by atoms with E-state index in [-0.39, 0.29) is 29.8 Å². The first-order valence-electron chi connectivity index (χ1n) is 14.8. The molecule has 0 bridgehead atoms. The zero-order valence-corrected chi connectivity index (χ0v) is 26.3. The van der Waals surface area contributed by atoms with Crippen LogP contribution in [0, 0.1) is 25.2 Å². The fourth-order valence-electron chi connectivity index (χ4n) is 4.79. The Hall–Kier alpha value is -3.06. The van der Waals surface area contributed by atoms with Crippen LogP contribution in [-0.4, -0.2) is 65.6 Å². The summed E-state index contributed by atoms with van der Waals surface area (Å²) in [5.74, 6) is 2.30. The lowest BCUT2D eigenvalue weighted by Crippen LogP contribution is -2.56. The van der Waals surface area contributed by atoms with Gasteiger partial charge in [-0.3, -0.25) is 14.6 Å². The highest BCUT2D eigenvalue weighted by atomic mass is 32.1. The molecule has 2 aliphatic heterocycles. The van der Waals surface area contributed by atoms with Crippen LogP contribution in [0.4, 0.5) is 0 Å². The maximum atomic E-state index is 13.8. The number of likely N-dealkylation sites (N-methyl/N-ethyl adjacent to an activating group) is 1. The summed E-state index contributed by atoms with van der Waals surface area (Å²) in [6.45, 7) is 11.8. The maximum absolute atomic E-state index is 13.8. The van der Waals surface area contributed by atoms with E-state index >= 15 is 0 Å². The topological polar surface area (TPSA) is 96.5 Å². The molecule has 4 heterocycles. The predicted octanol–water partition coefficient (Wildman–Crippen LogP) is 5.31. The third-order valence-electron chi connectivity index (χ3n) is 7.17. The lowest BCUT2D eigenvalue weighted by Gasteiger charge is -2.35. The number of allylic oxidation sites excluding steroid dienone is 2. The number of likely N-dealkylation sites (tertiary alicyclic amines) is 1. The Balaban J connectivity index is 0.000000654. The average molecular weight is 582 g/mol. The number of carbonyl (C=O) groups is 2. The normalized spacial score (nSPS) is 18.4. The zero-order valence-electron chi connectivity index (χ0n) is 25.5. The van der Waals surface area contributed by atoms with Crippen LogP contribution in [0.5, 0.6) is 0 Å². The predicted molar refractivity (Wildman–Crippen MR) is 167 cm³/mol. The second-order valence-electron chi connectivity index (χ2n) is 9.85. The third-order valence-corrected chi connectivity index (χ3v) is 8.12. The molecule has 8 nitrogen and oxygen atoms in total. The SMILES string of the molecule is C#C/C=C\CC.CC.CN[C@@H](C)C(=O)NC(C(=O)N1CCC[C@H]1c1nc(-c2ncccc2C)cs1)C1CCOCC1. The number of thiazole rings is 1. The minimum atomic E-state index is -0.546. The Labute approximate surface area is 250 Å². The van der Waals surface area contributed by atoms with Gasteiger partial charge in [0.05, 0.1) is 17.8 Å². The fraction of sp³-hybridized carbons (Fsp3) is 0.562. The van der Waals surface area contributed by atoms with E-state index in [1.165, 1.54) is 0 Å². The Morgan fingerprint density at radius 2 is 2.02 bits per heavy atom. The van der Waals surface area contributed by atoms with Gasteiger partial charge in [-0.05, 0) is 76.6 Å². The molecule has 2 fully saturated rings. The van der Waals surface area contributed by atoms with Crippen LogP contribution in [0.3, 0.4) is 0 Å². The van der Waals surface area contributed by atoms with Crippen LogP contribution in [0.1, 0.15) is 76.4 Å². The van der Waals surface area contributed by atoms with Crippen LogP contribution >= 0.6 is 11.3 Å². The molecule has 4 rings (SSSR count). The van der Waals surface area contributed by atoms with Gasteiger partial charge in [-0.2, -0.15) is 0 Å². The molecule has 0 aliphatic carbocycles. The van der Waals surface area contributed by atoms with Gasteiger partial charge in [0.2, 0.25) is 11.8 Å². The molecule has 2 aliphatic rings. The second kappa shape index (κ2) is 18.4. The molecule has 2 aromatic heterocycles. The van der Waals surface area contributed by atoms with Crippen molar-refractivity contribution in [3.05, 3.63) is 46.4 Å². The molecule has 0 saturated carbocycles. The van der Waals surface area contributed by atoms with Crippen LogP contribution in [-0.2, 0) is 14.3 Å². The highest BCUT2D eigenvalue weighted by molar-refractivity contribution is 7.10. The summed E-state index contributed by atoms with van der Waals surface area (Å²) in [4.78, 5) is 37.8. The van der Waals surface area contributed by atoms with Crippen LogP contribution in [0.2, 0.25) is 0 Å². The molecule has 9 heteroatoms. The smallest absolute Gasteiger partial charge is 0.246 e. The van der Waals surface area contributed by atoms with Gasteiger partial charge in [0.1, 0.15) is 16.7 Å². The Morgan fingerprint density at radius 1 is 1.29 bits per heavy atom. The standard InChI is InChI=1S/C24H33N5O3S.C6H8.C2H6/c1-15-6-4-10-26-20(15)18-14-33-23(27-18)19-7-5-11-29(19)24(31)21(17-8-12-32-13-9-17)28-22(30)16(2)25-3;1-3-5-6-4-2;1-2/h4,6,10,14,16-17,19,21,25H,5,7-9,11-13H2,1-3H3,(H,28,30);1,5-6H,4H2,2H3;1-2H3/b;6-5-;/t16-,19-,21?;;/m0../s1. The number of carbonyl (C=O) groups excluding carboxylic acids is 2. The molecule has 2 amide bonds. The van der Waals surface area contributed by atoms with E-state index in [2.05, 4.69) is 21.5 Å². The van der Waals surface area contributed by atoms with Crippen molar-refractivity contribution in [3.63, 3.8) is 0 Å². The van der Waals surface area contributed by atoms with Gasteiger partial charge >= 0.3 is 0 Å². The highest BCUT2D eigenvalue weighted by Crippen LogP contribution is 2.37. The van der Waals surface area contributed by atoms with Crippen molar-refractivity contribution in [2.45, 2.75) is 84.8 Å². The summed E-state index contributed by atoms with van der Waals surface area (Å²) in [7, 11) is 1.75. The number of nitrogens with zero attached hydrogens (tertiary/aromatic N) is 3. The minimum Gasteiger partial charge on any atom is -0.381 e. The lowest BCUT2D eigenvalue weighted by molar-refractivity contribution is -0.140. The highest BCUT2D eigenvalue weighted by Gasteiger charge is 2.40. The Bertz CT molecular complexity index is 1150. The summed E-state index contributed by atoms with van der Waals surface area (Å²) in [6, 6.07) is 2.97. The van der Waals surface area contributed by atoms with Gasteiger partial charge in [-0.25, -0.2) is 4.98 Å². The number of aryl methyl sites for hydroxylation is 1. The van der Waals surface area contributed by atoms with Crippen molar-refractivity contribution >= 4 is 23.2 Å².